The molecule has 2 aromatic heterocycles. The average Bonchev–Trinajstić information content (AvgIpc) is 3.08. The Balaban J connectivity index is 1.28. The number of allylic oxidation sites excluding steroid dienone is 4. The molecule has 2 aliphatic heterocycles. The highest BCUT2D eigenvalue weighted by atomic mass is 19.2. The second-order valence-electron chi connectivity index (χ2n) is 7.51. The Morgan fingerprint density at radius 1 is 1.10 bits per heavy atom. The minimum atomic E-state index is -2.03. The second kappa shape index (κ2) is 5.88. The number of hydrogen-bond acceptors (Lipinski definition) is 6. The van der Waals surface area contributed by atoms with Crippen molar-refractivity contribution in [1.29, 1.82) is 0 Å². The molecular formula is C21H14F2N6O. The number of nitrogens with zero attached hydrogens (tertiary/aromatic N) is 6. The monoisotopic (exact) mass is 404 g/mol. The number of rotatable bonds is 4. The summed E-state index contributed by atoms with van der Waals surface area (Å²) in [4.78, 5) is 17.3. The van der Waals surface area contributed by atoms with Crippen molar-refractivity contribution in [3.63, 3.8) is 0 Å². The molecule has 0 N–H and O–H groups in total. The number of halogens is 2. The predicted octanol–water partition coefficient (Wildman–Crippen LogP) is 3.65. The maximum Gasteiger partial charge on any atom is 0.246 e. The standard InChI is InChI=1S/C21H14F2N6O/c22-16-2-1-6-20(12-21(16,20)23)19-25-14-5-9-29(10-15(14)26-19)11-17-27-18(28-30-17)13-3-7-24-8-4-13/h1-10H,11-12H2. The lowest BCUT2D eigenvalue weighted by molar-refractivity contribution is 0.273. The fourth-order valence-electron chi connectivity index (χ4n) is 3.93. The van der Waals surface area contributed by atoms with Gasteiger partial charge in [0.05, 0.1) is 11.1 Å². The summed E-state index contributed by atoms with van der Waals surface area (Å²) in [6.45, 7) is 0.339. The van der Waals surface area contributed by atoms with Crippen molar-refractivity contribution in [2.75, 3.05) is 0 Å². The number of hydrogen-bond donors (Lipinski definition) is 0. The second-order valence-corrected chi connectivity index (χ2v) is 7.51. The summed E-state index contributed by atoms with van der Waals surface area (Å²) >= 11 is 0. The first-order valence-electron chi connectivity index (χ1n) is 9.39. The van der Waals surface area contributed by atoms with E-state index in [-0.39, 0.29) is 6.42 Å². The molecule has 0 bridgehead atoms. The minimum absolute atomic E-state index is 0.0227. The highest BCUT2D eigenvalue weighted by Gasteiger charge is 2.74. The Labute approximate surface area is 169 Å². The molecule has 0 spiro atoms. The lowest BCUT2D eigenvalue weighted by Gasteiger charge is -2.15. The van der Waals surface area contributed by atoms with Gasteiger partial charge in [0.1, 0.15) is 23.9 Å². The summed E-state index contributed by atoms with van der Waals surface area (Å²) in [5, 5.41) is 3.99. The van der Waals surface area contributed by atoms with E-state index in [9.17, 15) is 8.78 Å². The molecule has 4 aliphatic rings. The zero-order chi connectivity index (χ0) is 20.3. The molecule has 2 atom stereocenters. The predicted molar refractivity (Wildman–Crippen MR) is 102 cm³/mol. The van der Waals surface area contributed by atoms with Crippen molar-refractivity contribution >= 4 is 0 Å². The zero-order valence-corrected chi connectivity index (χ0v) is 15.5. The van der Waals surface area contributed by atoms with Crippen LogP contribution in [0.4, 0.5) is 8.78 Å². The van der Waals surface area contributed by atoms with E-state index < -0.39 is 16.9 Å². The highest BCUT2D eigenvalue weighted by molar-refractivity contribution is 5.60. The molecule has 2 aromatic rings. The van der Waals surface area contributed by atoms with Crippen molar-refractivity contribution in [3.8, 4) is 22.8 Å². The Morgan fingerprint density at radius 2 is 1.93 bits per heavy atom. The number of pyridine rings is 2. The van der Waals surface area contributed by atoms with Gasteiger partial charge in [-0.15, -0.1) is 0 Å². The molecule has 0 radical (unpaired) electrons. The van der Waals surface area contributed by atoms with E-state index in [4.69, 9.17) is 4.52 Å². The number of aromatic nitrogens is 6. The Morgan fingerprint density at radius 3 is 2.80 bits per heavy atom. The number of imidazole rings is 1. The summed E-state index contributed by atoms with van der Waals surface area (Å²) in [5.41, 5.74) is -1.12. The van der Waals surface area contributed by atoms with Crippen LogP contribution in [0.15, 0.2) is 71.6 Å². The molecule has 30 heavy (non-hydrogen) atoms. The molecule has 0 saturated heterocycles. The molecule has 7 nitrogen and oxygen atoms in total. The SMILES string of the molecule is FC1=CC=CC2(c3nc4ccn(Cc5nc(-c6ccncc6)no5)cc-4n3)CC12F. The van der Waals surface area contributed by atoms with Gasteiger partial charge in [-0.2, -0.15) is 4.98 Å². The van der Waals surface area contributed by atoms with Gasteiger partial charge >= 0.3 is 0 Å². The summed E-state index contributed by atoms with van der Waals surface area (Å²) in [6.07, 6.45) is 11.3. The van der Waals surface area contributed by atoms with Crippen LogP contribution in [0, 0.1) is 0 Å². The minimum Gasteiger partial charge on any atom is -0.343 e. The highest BCUT2D eigenvalue weighted by Crippen LogP contribution is 2.66. The van der Waals surface area contributed by atoms with E-state index >= 15 is 0 Å². The molecule has 1 fully saturated rings. The molecule has 0 aromatic carbocycles. The third-order valence-corrected chi connectivity index (χ3v) is 5.66. The van der Waals surface area contributed by atoms with Gasteiger partial charge in [-0.25, -0.2) is 18.7 Å². The van der Waals surface area contributed by atoms with E-state index in [2.05, 4.69) is 25.1 Å². The van der Waals surface area contributed by atoms with Crippen molar-refractivity contribution in [1.82, 2.24) is 29.7 Å². The molecular weight excluding hydrogens is 390 g/mol. The van der Waals surface area contributed by atoms with Crippen LogP contribution in [0.3, 0.4) is 0 Å². The van der Waals surface area contributed by atoms with Crippen LogP contribution in [0.5, 0.6) is 0 Å². The van der Waals surface area contributed by atoms with Crippen molar-refractivity contribution < 1.29 is 13.3 Å². The first-order valence-corrected chi connectivity index (χ1v) is 9.39. The van der Waals surface area contributed by atoms with Crippen LogP contribution >= 0.6 is 0 Å². The van der Waals surface area contributed by atoms with Gasteiger partial charge in [-0.05, 0) is 24.3 Å². The van der Waals surface area contributed by atoms with Gasteiger partial charge in [-0.1, -0.05) is 17.3 Å². The van der Waals surface area contributed by atoms with E-state index in [1.807, 2.05) is 10.8 Å². The molecule has 0 amide bonds. The van der Waals surface area contributed by atoms with Gasteiger partial charge in [0.15, 0.2) is 5.67 Å². The summed E-state index contributed by atoms with van der Waals surface area (Å²) in [7, 11) is 0. The van der Waals surface area contributed by atoms with E-state index in [1.165, 1.54) is 6.08 Å². The Hall–Kier alpha value is -3.75. The lowest BCUT2D eigenvalue weighted by Crippen LogP contribution is -2.22. The summed E-state index contributed by atoms with van der Waals surface area (Å²) in [6, 6.07) is 5.38. The Kier molecular flexibility index (Phi) is 3.36. The summed E-state index contributed by atoms with van der Waals surface area (Å²) < 4.78 is 36.0. The lowest BCUT2D eigenvalue weighted by atomic mass is 9.96. The molecule has 9 heteroatoms. The maximum atomic E-state index is 14.9. The molecule has 2 aliphatic carbocycles. The molecule has 1 saturated carbocycles. The van der Waals surface area contributed by atoms with Crippen LogP contribution in [-0.4, -0.2) is 35.3 Å². The van der Waals surface area contributed by atoms with Crippen molar-refractivity contribution in [2.45, 2.75) is 24.0 Å². The van der Waals surface area contributed by atoms with Crippen LogP contribution in [-0.2, 0) is 12.0 Å². The van der Waals surface area contributed by atoms with Gasteiger partial charge in [0.2, 0.25) is 11.7 Å². The molecule has 4 heterocycles. The van der Waals surface area contributed by atoms with E-state index in [0.717, 1.165) is 11.6 Å². The van der Waals surface area contributed by atoms with Gasteiger partial charge in [0.25, 0.3) is 0 Å². The molecule has 2 unspecified atom stereocenters. The third kappa shape index (κ3) is 2.38. The van der Waals surface area contributed by atoms with E-state index in [1.54, 1.807) is 42.9 Å². The van der Waals surface area contributed by atoms with Crippen LogP contribution < -0.4 is 0 Å². The van der Waals surface area contributed by atoms with Crippen molar-refractivity contribution in [3.05, 3.63) is 78.8 Å². The Bertz CT molecular complexity index is 1300. The van der Waals surface area contributed by atoms with Crippen LogP contribution in [0.2, 0.25) is 0 Å². The molecule has 148 valence electrons. The van der Waals surface area contributed by atoms with Crippen molar-refractivity contribution in [2.24, 2.45) is 0 Å². The van der Waals surface area contributed by atoms with Crippen LogP contribution in [0.1, 0.15) is 18.1 Å². The van der Waals surface area contributed by atoms with Gasteiger partial charge in [0, 0.05) is 36.8 Å². The van der Waals surface area contributed by atoms with Gasteiger partial charge < -0.3 is 9.09 Å². The normalized spacial score (nSPS) is 24.7. The quantitative estimate of drug-likeness (QED) is 0.516. The smallest absolute Gasteiger partial charge is 0.246 e. The van der Waals surface area contributed by atoms with Gasteiger partial charge in [-0.3, -0.25) is 4.98 Å². The fourth-order valence-corrected chi connectivity index (χ4v) is 3.93. The molecule has 6 rings (SSSR count). The number of alkyl halides is 1. The first-order chi connectivity index (χ1) is 14.6. The summed E-state index contributed by atoms with van der Waals surface area (Å²) in [5.74, 6) is 0.443. The third-order valence-electron chi connectivity index (χ3n) is 5.66. The fraction of sp³-hybridized carbons (Fsp3) is 0.190. The number of fused-ring (bicyclic) bond motifs is 2. The average molecular weight is 404 g/mol. The largest absolute Gasteiger partial charge is 0.343 e. The maximum absolute atomic E-state index is 14.9. The zero-order valence-electron chi connectivity index (χ0n) is 15.5. The first kappa shape index (κ1) is 17.1. The van der Waals surface area contributed by atoms with E-state index in [0.29, 0.717) is 35.5 Å². The van der Waals surface area contributed by atoms with Crippen LogP contribution in [0.25, 0.3) is 22.8 Å². The topological polar surface area (TPSA) is 82.5 Å².